The number of hydrogen-bond donors (Lipinski definition) is 1. The molecule has 4 nitrogen and oxygen atoms in total. The van der Waals surface area contributed by atoms with E-state index < -0.39 is 0 Å². The van der Waals surface area contributed by atoms with Gasteiger partial charge in [-0.2, -0.15) is 0 Å². The lowest BCUT2D eigenvalue weighted by Crippen LogP contribution is -2.49. The van der Waals surface area contributed by atoms with Crippen LogP contribution in [0.1, 0.15) is 26.7 Å². The van der Waals surface area contributed by atoms with Gasteiger partial charge in [0.05, 0.1) is 6.54 Å². The predicted octanol–water partition coefficient (Wildman–Crippen LogP) is 1.38. The van der Waals surface area contributed by atoms with Crippen molar-refractivity contribution in [2.24, 2.45) is 0 Å². The number of likely N-dealkylation sites (tertiary alicyclic amines) is 1. The fourth-order valence-electron chi connectivity index (χ4n) is 2.18. The van der Waals surface area contributed by atoms with E-state index in [0.717, 1.165) is 32.6 Å². The quantitative estimate of drug-likeness (QED) is 0.833. The molecule has 0 aromatic rings. The molecular formula is C12H27Cl2N3O. The van der Waals surface area contributed by atoms with Gasteiger partial charge >= 0.3 is 0 Å². The van der Waals surface area contributed by atoms with Crippen molar-refractivity contribution in [1.29, 1.82) is 0 Å². The summed E-state index contributed by atoms with van der Waals surface area (Å²) in [4.78, 5) is 16.2. The summed E-state index contributed by atoms with van der Waals surface area (Å²) in [6, 6.07) is 0.481. The highest BCUT2D eigenvalue weighted by Crippen LogP contribution is 2.10. The van der Waals surface area contributed by atoms with Crippen LogP contribution in [0.4, 0.5) is 0 Å². The second kappa shape index (κ2) is 10.9. The molecule has 0 spiro atoms. The molecular weight excluding hydrogens is 273 g/mol. The predicted molar refractivity (Wildman–Crippen MR) is 80.9 cm³/mol. The van der Waals surface area contributed by atoms with Gasteiger partial charge in [0.1, 0.15) is 0 Å². The van der Waals surface area contributed by atoms with Crippen molar-refractivity contribution in [2.75, 3.05) is 39.8 Å². The van der Waals surface area contributed by atoms with Gasteiger partial charge in [0.2, 0.25) is 5.91 Å². The average molecular weight is 300 g/mol. The van der Waals surface area contributed by atoms with E-state index in [1.807, 2.05) is 11.9 Å². The molecule has 0 bridgehead atoms. The van der Waals surface area contributed by atoms with Crippen molar-refractivity contribution in [2.45, 2.75) is 32.7 Å². The Morgan fingerprint density at radius 2 is 1.94 bits per heavy atom. The largest absolute Gasteiger partial charge is 0.340 e. The number of likely N-dealkylation sites (N-methyl/N-ethyl adjacent to an activating group) is 2. The highest BCUT2D eigenvalue weighted by molar-refractivity contribution is 5.85. The minimum absolute atomic E-state index is 0. The first-order valence-corrected chi connectivity index (χ1v) is 6.38. The molecule has 1 N–H and O–H groups in total. The third-order valence-electron chi connectivity index (χ3n) is 3.44. The van der Waals surface area contributed by atoms with Crippen LogP contribution in [0.2, 0.25) is 0 Å². The Balaban J connectivity index is 0. The van der Waals surface area contributed by atoms with E-state index in [2.05, 4.69) is 24.1 Å². The Bertz CT molecular complexity index is 225. The Hall–Kier alpha value is -0.0300. The van der Waals surface area contributed by atoms with E-state index in [1.54, 1.807) is 0 Å². The zero-order valence-corrected chi connectivity index (χ0v) is 13.3. The highest BCUT2D eigenvalue weighted by atomic mass is 35.5. The molecule has 1 atom stereocenters. The summed E-state index contributed by atoms with van der Waals surface area (Å²) in [5, 5.41) is 3.26. The first-order valence-electron chi connectivity index (χ1n) is 6.38. The number of carbonyl (C=O) groups is 1. The van der Waals surface area contributed by atoms with Gasteiger partial charge in [-0.05, 0) is 33.0 Å². The fourth-order valence-corrected chi connectivity index (χ4v) is 2.18. The molecule has 1 heterocycles. The van der Waals surface area contributed by atoms with E-state index in [0.29, 0.717) is 12.6 Å². The monoisotopic (exact) mass is 299 g/mol. The van der Waals surface area contributed by atoms with Crippen LogP contribution in [-0.2, 0) is 4.79 Å². The molecule has 1 rings (SSSR count). The number of rotatable bonds is 5. The summed E-state index contributed by atoms with van der Waals surface area (Å²) in [6.45, 7) is 8.47. The molecule has 1 amide bonds. The lowest BCUT2D eigenvalue weighted by atomic mass is 10.1. The second-order valence-electron chi connectivity index (χ2n) is 4.43. The summed E-state index contributed by atoms with van der Waals surface area (Å²) in [6.07, 6.45) is 2.31. The Kier molecular flexibility index (Phi) is 12.2. The second-order valence-corrected chi connectivity index (χ2v) is 4.43. The minimum atomic E-state index is 0. The minimum Gasteiger partial charge on any atom is -0.340 e. The number of carbonyl (C=O) groups excluding carboxylic acids is 1. The SMILES string of the molecule is CCN(CC)CC(=O)N1CCCC(NC)C1.Cl.Cl. The van der Waals surface area contributed by atoms with Crippen molar-refractivity contribution in [3.05, 3.63) is 0 Å². The van der Waals surface area contributed by atoms with Crippen LogP contribution in [0, 0.1) is 0 Å². The van der Waals surface area contributed by atoms with Gasteiger partial charge in [0, 0.05) is 19.1 Å². The zero-order chi connectivity index (χ0) is 12.0. The summed E-state index contributed by atoms with van der Waals surface area (Å²) < 4.78 is 0. The smallest absolute Gasteiger partial charge is 0.236 e. The van der Waals surface area contributed by atoms with Crippen LogP contribution in [0.5, 0.6) is 0 Å². The van der Waals surface area contributed by atoms with Gasteiger partial charge in [-0.1, -0.05) is 13.8 Å². The number of nitrogens with one attached hydrogen (secondary N) is 1. The topological polar surface area (TPSA) is 35.6 Å². The normalized spacial score (nSPS) is 19.1. The van der Waals surface area contributed by atoms with Crippen LogP contribution < -0.4 is 5.32 Å². The highest BCUT2D eigenvalue weighted by Gasteiger charge is 2.23. The zero-order valence-electron chi connectivity index (χ0n) is 11.6. The molecule has 1 unspecified atom stereocenters. The van der Waals surface area contributed by atoms with Crippen LogP contribution in [-0.4, -0.2) is 61.5 Å². The van der Waals surface area contributed by atoms with Gasteiger partial charge in [0.25, 0.3) is 0 Å². The third kappa shape index (κ3) is 6.23. The van der Waals surface area contributed by atoms with Crippen LogP contribution in [0.15, 0.2) is 0 Å². The molecule has 1 aliphatic heterocycles. The number of piperidine rings is 1. The van der Waals surface area contributed by atoms with E-state index in [9.17, 15) is 4.79 Å². The van der Waals surface area contributed by atoms with Crippen LogP contribution >= 0.6 is 24.8 Å². The maximum Gasteiger partial charge on any atom is 0.236 e. The van der Waals surface area contributed by atoms with Gasteiger partial charge in [-0.3, -0.25) is 9.69 Å². The average Bonchev–Trinajstić information content (AvgIpc) is 2.35. The fraction of sp³-hybridized carbons (Fsp3) is 0.917. The first kappa shape index (κ1) is 20.3. The molecule has 1 saturated heterocycles. The van der Waals surface area contributed by atoms with Crippen molar-refractivity contribution in [1.82, 2.24) is 15.1 Å². The molecule has 0 aliphatic carbocycles. The molecule has 0 aromatic heterocycles. The standard InChI is InChI=1S/C12H25N3O.2ClH/c1-4-14(5-2)10-12(16)15-8-6-7-11(9-15)13-3;;/h11,13H,4-10H2,1-3H3;2*1H. The summed E-state index contributed by atoms with van der Waals surface area (Å²) >= 11 is 0. The number of nitrogens with zero attached hydrogens (tertiary/aromatic N) is 2. The van der Waals surface area contributed by atoms with Crippen molar-refractivity contribution in [3.63, 3.8) is 0 Å². The Morgan fingerprint density at radius 1 is 1.33 bits per heavy atom. The molecule has 18 heavy (non-hydrogen) atoms. The molecule has 0 aromatic carbocycles. The maximum absolute atomic E-state index is 12.0. The maximum atomic E-state index is 12.0. The third-order valence-corrected chi connectivity index (χ3v) is 3.44. The van der Waals surface area contributed by atoms with E-state index in [-0.39, 0.29) is 30.7 Å². The molecule has 1 fully saturated rings. The van der Waals surface area contributed by atoms with E-state index >= 15 is 0 Å². The first-order chi connectivity index (χ1) is 7.71. The van der Waals surface area contributed by atoms with Crippen LogP contribution in [0.3, 0.4) is 0 Å². The summed E-state index contributed by atoms with van der Waals surface area (Å²) in [5.74, 6) is 0.281. The molecule has 110 valence electrons. The molecule has 0 saturated carbocycles. The lowest BCUT2D eigenvalue weighted by Gasteiger charge is -2.33. The number of amides is 1. The van der Waals surface area contributed by atoms with Crippen molar-refractivity contribution >= 4 is 30.7 Å². The van der Waals surface area contributed by atoms with Gasteiger partial charge in [0.15, 0.2) is 0 Å². The van der Waals surface area contributed by atoms with Crippen molar-refractivity contribution in [3.8, 4) is 0 Å². The molecule has 0 radical (unpaired) electrons. The van der Waals surface area contributed by atoms with Gasteiger partial charge < -0.3 is 10.2 Å². The summed E-state index contributed by atoms with van der Waals surface area (Å²) in [7, 11) is 1.98. The van der Waals surface area contributed by atoms with E-state index in [1.165, 1.54) is 6.42 Å². The Labute approximate surface area is 123 Å². The van der Waals surface area contributed by atoms with Gasteiger partial charge in [-0.15, -0.1) is 24.8 Å². The molecule has 1 aliphatic rings. The Morgan fingerprint density at radius 3 is 2.44 bits per heavy atom. The van der Waals surface area contributed by atoms with Crippen molar-refractivity contribution < 1.29 is 4.79 Å². The number of halogens is 2. The van der Waals surface area contributed by atoms with Gasteiger partial charge in [-0.25, -0.2) is 0 Å². The van der Waals surface area contributed by atoms with E-state index in [4.69, 9.17) is 0 Å². The number of hydrogen-bond acceptors (Lipinski definition) is 3. The molecule has 6 heteroatoms. The summed E-state index contributed by atoms with van der Waals surface area (Å²) in [5.41, 5.74) is 0. The van der Waals surface area contributed by atoms with Crippen LogP contribution in [0.25, 0.3) is 0 Å². The lowest BCUT2D eigenvalue weighted by molar-refractivity contribution is -0.133.